The van der Waals surface area contributed by atoms with Crippen molar-refractivity contribution in [3.05, 3.63) is 89.0 Å². The summed E-state index contributed by atoms with van der Waals surface area (Å²) in [7, 11) is -1.81. The summed E-state index contributed by atoms with van der Waals surface area (Å²) in [6.45, 7) is 8.85. The molecule has 0 saturated carbocycles. The smallest absolute Gasteiger partial charge is 0.243 e. The van der Waals surface area contributed by atoms with Crippen molar-refractivity contribution in [3.63, 3.8) is 0 Å². The molecule has 0 N–H and O–H groups in total. The van der Waals surface area contributed by atoms with E-state index in [9.17, 15) is 8.42 Å². The van der Waals surface area contributed by atoms with E-state index in [0.717, 1.165) is 24.9 Å². The second-order valence-electron chi connectivity index (χ2n) is 10.6. The van der Waals surface area contributed by atoms with Crippen molar-refractivity contribution in [3.8, 4) is 11.1 Å². The Labute approximate surface area is 222 Å². The van der Waals surface area contributed by atoms with Gasteiger partial charge in [0.15, 0.2) is 0 Å². The molecular weight excluding hydrogens is 480 g/mol. The first-order valence-corrected chi connectivity index (χ1v) is 14.7. The largest absolute Gasteiger partial charge is 0.383 e. The number of ether oxygens (including phenoxy) is 1. The summed E-state index contributed by atoms with van der Waals surface area (Å²) >= 11 is 0. The van der Waals surface area contributed by atoms with E-state index in [1.165, 1.54) is 27.8 Å². The fourth-order valence-electron chi connectivity index (χ4n) is 6.08. The van der Waals surface area contributed by atoms with Gasteiger partial charge in [-0.25, -0.2) is 8.42 Å². The molecule has 196 valence electrons. The summed E-state index contributed by atoms with van der Waals surface area (Å²) in [5, 5.41) is 0. The first kappa shape index (κ1) is 26.1. The lowest BCUT2D eigenvalue weighted by Crippen LogP contribution is -2.68. The number of nitrogens with zero attached hydrogens (tertiary/aromatic N) is 2. The van der Waals surface area contributed by atoms with Gasteiger partial charge in [-0.1, -0.05) is 60.7 Å². The molecule has 5 rings (SSSR count). The van der Waals surface area contributed by atoms with Gasteiger partial charge in [0.25, 0.3) is 0 Å². The number of benzene rings is 3. The van der Waals surface area contributed by atoms with Crippen molar-refractivity contribution in [2.24, 2.45) is 0 Å². The second kappa shape index (κ2) is 10.7. The van der Waals surface area contributed by atoms with Crippen LogP contribution in [0.25, 0.3) is 11.1 Å². The molecule has 3 aromatic carbocycles. The molecule has 0 amide bonds. The maximum Gasteiger partial charge on any atom is 0.243 e. The van der Waals surface area contributed by atoms with Gasteiger partial charge < -0.3 is 4.74 Å². The lowest BCUT2D eigenvalue weighted by Gasteiger charge is -2.57. The van der Waals surface area contributed by atoms with Gasteiger partial charge in [-0.2, -0.15) is 4.31 Å². The van der Waals surface area contributed by atoms with Crippen molar-refractivity contribution in [1.29, 1.82) is 0 Å². The van der Waals surface area contributed by atoms with E-state index < -0.39 is 10.0 Å². The van der Waals surface area contributed by atoms with Gasteiger partial charge in [-0.15, -0.1) is 0 Å². The fraction of sp³-hybridized carbons (Fsp3) is 0.419. The van der Waals surface area contributed by atoms with Gasteiger partial charge in [0, 0.05) is 38.2 Å². The molecular formula is C31H38N2O3S. The molecule has 0 spiro atoms. The van der Waals surface area contributed by atoms with E-state index >= 15 is 0 Å². The van der Waals surface area contributed by atoms with Gasteiger partial charge in [0.2, 0.25) is 10.0 Å². The standard InChI is InChI=1S/C31H38N2O3S/c1-22-11-12-27(19-24(22)3)25-13-15-26(16-14-25)31-28-20-32(17-7-8-18-33(28)29(31)21-36-4)37(34,35)30-10-6-5-9-23(30)2/h5-6,9-16,19,28-29,31H,7-8,17-18,20-21H2,1-4H3/t28-,29+,31-/m0/s1. The molecule has 0 bridgehead atoms. The van der Waals surface area contributed by atoms with Gasteiger partial charge >= 0.3 is 0 Å². The zero-order valence-corrected chi connectivity index (χ0v) is 23.2. The maximum atomic E-state index is 13.7. The molecule has 2 aliphatic heterocycles. The Morgan fingerprint density at radius 3 is 2.24 bits per heavy atom. The van der Waals surface area contributed by atoms with Crippen LogP contribution in [0.1, 0.15) is 41.0 Å². The number of aryl methyl sites for hydroxylation is 3. The molecule has 37 heavy (non-hydrogen) atoms. The summed E-state index contributed by atoms with van der Waals surface area (Å²) in [4.78, 5) is 2.90. The normalized spacial score (nSPS) is 23.1. The van der Waals surface area contributed by atoms with Crippen molar-refractivity contribution >= 4 is 10.0 Å². The highest BCUT2D eigenvalue weighted by Crippen LogP contribution is 2.43. The summed E-state index contributed by atoms with van der Waals surface area (Å²) < 4.78 is 34.8. The topological polar surface area (TPSA) is 49.9 Å². The monoisotopic (exact) mass is 518 g/mol. The van der Waals surface area contributed by atoms with Crippen LogP contribution in [0.4, 0.5) is 0 Å². The van der Waals surface area contributed by atoms with E-state index in [1.807, 2.05) is 25.1 Å². The number of hydrogen-bond donors (Lipinski definition) is 0. The van der Waals surface area contributed by atoms with Crippen LogP contribution in [0.3, 0.4) is 0 Å². The maximum absolute atomic E-state index is 13.7. The van der Waals surface area contributed by atoms with Crippen molar-refractivity contribution in [2.45, 2.75) is 56.5 Å². The first-order valence-electron chi connectivity index (χ1n) is 13.3. The van der Waals surface area contributed by atoms with Crippen LogP contribution in [0.15, 0.2) is 71.6 Å². The highest BCUT2D eigenvalue weighted by atomic mass is 32.2. The predicted octanol–water partition coefficient (Wildman–Crippen LogP) is 5.55. The average molecular weight is 519 g/mol. The van der Waals surface area contributed by atoms with Gasteiger partial charge in [0.1, 0.15) is 0 Å². The van der Waals surface area contributed by atoms with Crippen LogP contribution in [0.5, 0.6) is 0 Å². The molecule has 3 aromatic rings. The Morgan fingerprint density at radius 1 is 0.838 bits per heavy atom. The molecule has 0 aliphatic carbocycles. The minimum absolute atomic E-state index is 0.131. The third kappa shape index (κ3) is 5.00. The highest BCUT2D eigenvalue weighted by Gasteiger charge is 2.50. The first-order chi connectivity index (χ1) is 17.8. The fourth-order valence-corrected chi connectivity index (χ4v) is 7.80. The highest BCUT2D eigenvalue weighted by molar-refractivity contribution is 7.89. The van der Waals surface area contributed by atoms with Crippen molar-refractivity contribution in [2.75, 3.05) is 33.4 Å². The summed E-state index contributed by atoms with van der Waals surface area (Å²) in [5.74, 6) is 0.224. The Morgan fingerprint density at radius 2 is 1.54 bits per heavy atom. The number of methoxy groups -OCH3 is 1. The summed E-state index contributed by atoms with van der Waals surface area (Å²) in [6.07, 6.45) is 1.85. The van der Waals surface area contributed by atoms with Gasteiger partial charge in [-0.3, -0.25) is 4.90 Å². The van der Waals surface area contributed by atoms with E-state index in [1.54, 1.807) is 17.5 Å². The minimum atomic E-state index is -3.57. The molecule has 2 heterocycles. The quantitative estimate of drug-likeness (QED) is 0.430. The van der Waals surface area contributed by atoms with Crippen LogP contribution in [0.2, 0.25) is 0 Å². The number of sulfonamides is 1. The van der Waals surface area contributed by atoms with E-state index in [4.69, 9.17) is 4.74 Å². The molecule has 3 atom stereocenters. The van der Waals surface area contributed by atoms with Gasteiger partial charge in [0.05, 0.1) is 11.5 Å². The lowest BCUT2D eigenvalue weighted by atomic mass is 9.74. The van der Waals surface area contributed by atoms with Crippen LogP contribution >= 0.6 is 0 Å². The molecule has 0 unspecified atom stereocenters. The van der Waals surface area contributed by atoms with Crippen molar-refractivity contribution in [1.82, 2.24) is 9.21 Å². The van der Waals surface area contributed by atoms with Crippen LogP contribution in [-0.2, 0) is 14.8 Å². The molecule has 5 nitrogen and oxygen atoms in total. The van der Waals surface area contributed by atoms with Crippen LogP contribution in [-0.4, -0.2) is 63.1 Å². The van der Waals surface area contributed by atoms with Crippen LogP contribution < -0.4 is 0 Å². The number of fused-ring (bicyclic) bond motifs is 1. The van der Waals surface area contributed by atoms with Gasteiger partial charge in [-0.05, 0) is 79.6 Å². The number of rotatable bonds is 6. The Balaban J connectivity index is 1.44. The van der Waals surface area contributed by atoms with E-state index in [2.05, 4.69) is 61.2 Å². The Hall–Kier alpha value is -2.51. The predicted molar refractivity (Wildman–Crippen MR) is 149 cm³/mol. The summed E-state index contributed by atoms with van der Waals surface area (Å²) in [6, 6.07) is 23.2. The second-order valence-corrected chi connectivity index (χ2v) is 12.5. The lowest BCUT2D eigenvalue weighted by molar-refractivity contribution is -0.0635. The SMILES string of the molecule is COC[C@@H]1[C@@H](c2ccc(-c3ccc(C)c(C)c3)cc2)[C@@H]2CN(S(=O)(=O)c3ccccc3C)CCCCN12. The number of hydrogen-bond acceptors (Lipinski definition) is 4. The molecule has 2 aliphatic rings. The molecule has 2 saturated heterocycles. The Bertz CT molecular complexity index is 1350. The Kier molecular flexibility index (Phi) is 7.55. The van der Waals surface area contributed by atoms with E-state index in [-0.39, 0.29) is 18.0 Å². The third-order valence-corrected chi connectivity index (χ3v) is 10.4. The molecule has 2 fully saturated rings. The minimum Gasteiger partial charge on any atom is -0.383 e. The molecule has 0 aromatic heterocycles. The average Bonchev–Trinajstić information content (AvgIpc) is 2.87. The molecule has 6 heteroatoms. The zero-order valence-electron chi connectivity index (χ0n) is 22.4. The van der Waals surface area contributed by atoms with Crippen molar-refractivity contribution < 1.29 is 13.2 Å². The third-order valence-electron chi connectivity index (χ3n) is 8.33. The van der Waals surface area contributed by atoms with Crippen LogP contribution in [0, 0.1) is 20.8 Å². The summed E-state index contributed by atoms with van der Waals surface area (Å²) in [5.41, 5.74) is 7.07. The zero-order chi connectivity index (χ0) is 26.2. The van der Waals surface area contributed by atoms with E-state index in [0.29, 0.717) is 24.6 Å². The molecule has 0 radical (unpaired) electrons.